The molecule has 1 aromatic heterocycles. The Morgan fingerprint density at radius 1 is 1.33 bits per heavy atom. The summed E-state index contributed by atoms with van der Waals surface area (Å²) in [6.45, 7) is 10.2. The first-order valence-electron chi connectivity index (χ1n) is 6.97. The fourth-order valence-corrected chi connectivity index (χ4v) is 1.39. The van der Waals surface area contributed by atoms with Crippen molar-refractivity contribution < 1.29 is 14.3 Å². The van der Waals surface area contributed by atoms with Gasteiger partial charge in [0.1, 0.15) is 5.60 Å². The Bertz CT molecular complexity index is 458. The van der Waals surface area contributed by atoms with Crippen LogP contribution in [0, 0.1) is 0 Å². The molecule has 0 atom stereocenters. The van der Waals surface area contributed by atoms with Gasteiger partial charge < -0.3 is 20.1 Å². The molecule has 21 heavy (non-hydrogen) atoms. The summed E-state index contributed by atoms with van der Waals surface area (Å²) in [6, 6.07) is 1.70. The van der Waals surface area contributed by atoms with Crippen molar-refractivity contribution in [2.45, 2.75) is 46.3 Å². The van der Waals surface area contributed by atoms with Gasteiger partial charge in [-0.15, -0.1) is 0 Å². The Kier molecular flexibility index (Phi) is 6.20. The van der Waals surface area contributed by atoms with Gasteiger partial charge in [-0.1, -0.05) is 0 Å². The SMILES string of the molecule is CC(C)Oc1ccnc(NCCNC(=O)OC(C)(C)C)n1. The minimum Gasteiger partial charge on any atom is -0.475 e. The number of alkyl carbamates (subject to hydrolysis) is 1. The first-order valence-corrected chi connectivity index (χ1v) is 6.97. The number of ether oxygens (including phenoxy) is 2. The summed E-state index contributed by atoms with van der Waals surface area (Å²) in [7, 11) is 0. The average molecular weight is 296 g/mol. The summed E-state index contributed by atoms with van der Waals surface area (Å²) >= 11 is 0. The van der Waals surface area contributed by atoms with Crippen LogP contribution in [0.15, 0.2) is 12.3 Å². The highest BCUT2D eigenvalue weighted by molar-refractivity contribution is 5.67. The molecular weight excluding hydrogens is 272 g/mol. The zero-order valence-corrected chi connectivity index (χ0v) is 13.3. The average Bonchev–Trinajstić information content (AvgIpc) is 2.32. The van der Waals surface area contributed by atoms with E-state index in [2.05, 4.69) is 20.6 Å². The number of hydrogen-bond acceptors (Lipinski definition) is 6. The maximum atomic E-state index is 11.4. The van der Waals surface area contributed by atoms with Crippen LogP contribution in [0.5, 0.6) is 5.88 Å². The van der Waals surface area contributed by atoms with Crippen molar-refractivity contribution in [1.29, 1.82) is 0 Å². The molecule has 0 aromatic carbocycles. The minimum absolute atomic E-state index is 0.0570. The molecule has 0 saturated heterocycles. The van der Waals surface area contributed by atoms with E-state index in [0.717, 1.165) is 0 Å². The summed E-state index contributed by atoms with van der Waals surface area (Å²) in [5.41, 5.74) is -0.497. The van der Waals surface area contributed by atoms with Crippen LogP contribution in [-0.4, -0.2) is 40.9 Å². The normalized spacial score (nSPS) is 11.1. The highest BCUT2D eigenvalue weighted by Gasteiger charge is 2.15. The first kappa shape index (κ1) is 17.0. The van der Waals surface area contributed by atoms with Gasteiger partial charge in [0.15, 0.2) is 0 Å². The number of carbonyl (C=O) groups is 1. The maximum Gasteiger partial charge on any atom is 0.407 e. The molecular formula is C14H24N4O3. The van der Waals surface area contributed by atoms with Gasteiger partial charge in [-0.25, -0.2) is 9.78 Å². The number of anilines is 1. The molecule has 0 fully saturated rings. The van der Waals surface area contributed by atoms with Crippen LogP contribution in [0.3, 0.4) is 0 Å². The summed E-state index contributed by atoms with van der Waals surface area (Å²) in [5, 5.41) is 5.65. The van der Waals surface area contributed by atoms with Gasteiger partial charge in [-0.05, 0) is 34.6 Å². The van der Waals surface area contributed by atoms with Crippen molar-refractivity contribution in [3.05, 3.63) is 12.3 Å². The second kappa shape index (κ2) is 7.66. The summed E-state index contributed by atoms with van der Waals surface area (Å²) in [4.78, 5) is 19.7. The van der Waals surface area contributed by atoms with Crippen LogP contribution in [0.4, 0.5) is 10.7 Å². The lowest BCUT2D eigenvalue weighted by molar-refractivity contribution is 0.0530. The Morgan fingerprint density at radius 3 is 2.67 bits per heavy atom. The third kappa shape index (κ3) is 7.96. The molecule has 7 nitrogen and oxygen atoms in total. The second-order valence-corrected chi connectivity index (χ2v) is 5.74. The third-order valence-corrected chi connectivity index (χ3v) is 2.06. The zero-order valence-electron chi connectivity index (χ0n) is 13.3. The Labute approximate surface area is 125 Å². The molecule has 0 radical (unpaired) electrons. The van der Waals surface area contributed by atoms with Gasteiger partial charge in [0, 0.05) is 25.4 Å². The van der Waals surface area contributed by atoms with E-state index in [-0.39, 0.29) is 6.10 Å². The highest BCUT2D eigenvalue weighted by Crippen LogP contribution is 2.10. The van der Waals surface area contributed by atoms with Gasteiger partial charge in [0.05, 0.1) is 6.10 Å². The topological polar surface area (TPSA) is 85.4 Å². The van der Waals surface area contributed by atoms with Crippen molar-refractivity contribution in [3.63, 3.8) is 0 Å². The Hall–Kier alpha value is -2.05. The van der Waals surface area contributed by atoms with Gasteiger partial charge in [0.25, 0.3) is 0 Å². The van der Waals surface area contributed by atoms with Crippen LogP contribution < -0.4 is 15.4 Å². The number of aromatic nitrogens is 2. The number of nitrogens with zero attached hydrogens (tertiary/aromatic N) is 2. The van der Waals surface area contributed by atoms with Crippen LogP contribution in [0.2, 0.25) is 0 Å². The van der Waals surface area contributed by atoms with E-state index in [9.17, 15) is 4.79 Å². The highest BCUT2D eigenvalue weighted by atomic mass is 16.6. The Morgan fingerprint density at radius 2 is 2.05 bits per heavy atom. The van der Waals surface area contributed by atoms with E-state index in [1.165, 1.54) is 0 Å². The number of hydrogen-bond donors (Lipinski definition) is 2. The van der Waals surface area contributed by atoms with Crippen molar-refractivity contribution >= 4 is 12.0 Å². The fraction of sp³-hybridized carbons (Fsp3) is 0.643. The molecule has 0 unspecified atom stereocenters. The molecule has 0 aliphatic rings. The van der Waals surface area contributed by atoms with Crippen molar-refractivity contribution in [2.75, 3.05) is 18.4 Å². The van der Waals surface area contributed by atoms with Gasteiger partial charge in [0.2, 0.25) is 11.8 Å². The molecule has 1 heterocycles. The molecule has 0 aliphatic heterocycles. The van der Waals surface area contributed by atoms with Crippen molar-refractivity contribution in [3.8, 4) is 5.88 Å². The molecule has 0 bridgehead atoms. The molecule has 118 valence electrons. The molecule has 1 amide bonds. The standard InChI is InChI=1S/C14H24N4O3/c1-10(2)20-11-6-7-15-12(18-11)16-8-9-17-13(19)21-14(3,4)5/h6-7,10H,8-9H2,1-5H3,(H,17,19)(H,15,16,18). The van der Waals surface area contributed by atoms with E-state index in [1.807, 2.05) is 34.6 Å². The Balaban J connectivity index is 2.31. The predicted octanol–water partition coefficient (Wildman–Crippen LogP) is 2.20. The molecule has 0 aliphatic carbocycles. The molecule has 0 saturated carbocycles. The van der Waals surface area contributed by atoms with E-state index in [1.54, 1.807) is 12.3 Å². The lowest BCUT2D eigenvalue weighted by atomic mass is 10.2. The second-order valence-electron chi connectivity index (χ2n) is 5.74. The number of carbonyl (C=O) groups excluding carboxylic acids is 1. The maximum absolute atomic E-state index is 11.4. The summed E-state index contributed by atoms with van der Waals surface area (Å²) in [5.74, 6) is 0.974. The van der Waals surface area contributed by atoms with Crippen molar-refractivity contribution in [1.82, 2.24) is 15.3 Å². The van der Waals surface area contributed by atoms with Crippen LogP contribution >= 0.6 is 0 Å². The molecule has 0 spiro atoms. The van der Waals surface area contributed by atoms with E-state index in [4.69, 9.17) is 9.47 Å². The van der Waals surface area contributed by atoms with E-state index in [0.29, 0.717) is 24.9 Å². The molecule has 1 rings (SSSR count). The number of rotatable bonds is 6. The van der Waals surface area contributed by atoms with E-state index >= 15 is 0 Å². The lowest BCUT2D eigenvalue weighted by Gasteiger charge is -2.19. The number of amides is 1. The van der Waals surface area contributed by atoms with Crippen molar-refractivity contribution in [2.24, 2.45) is 0 Å². The first-order chi connectivity index (χ1) is 9.76. The van der Waals surface area contributed by atoms with Gasteiger partial charge in [-0.2, -0.15) is 4.98 Å². The van der Waals surface area contributed by atoms with Gasteiger partial charge in [-0.3, -0.25) is 0 Å². The molecule has 7 heteroatoms. The largest absolute Gasteiger partial charge is 0.475 e. The van der Waals surface area contributed by atoms with Gasteiger partial charge >= 0.3 is 6.09 Å². The fourth-order valence-electron chi connectivity index (χ4n) is 1.39. The monoisotopic (exact) mass is 296 g/mol. The van der Waals surface area contributed by atoms with Crippen LogP contribution in [-0.2, 0) is 4.74 Å². The smallest absolute Gasteiger partial charge is 0.407 e. The number of nitrogens with one attached hydrogen (secondary N) is 2. The minimum atomic E-state index is -0.497. The predicted molar refractivity (Wildman–Crippen MR) is 80.5 cm³/mol. The quantitative estimate of drug-likeness (QED) is 0.783. The van der Waals surface area contributed by atoms with E-state index < -0.39 is 11.7 Å². The third-order valence-electron chi connectivity index (χ3n) is 2.06. The lowest BCUT2D eigenvalue weighted by Crippen LogP contribution is -2.35. The molecule has 2 N–H and O–H groups in total. The summed E-state index contributed by atoms with van der Waals surface area (Å²) in [6.07, 6.45) is 1.23. The van der Waals surface area contributed by atoms with Crippen LogP contribution in [0.1, 0.15) is 34.6 Å². The molecule has 1 aromatic rings. The zero-order chi connectivity index (χ0) is 15.9. The van der Waals surface area contributed by atoms with Crippen LogP contribution in [0.25, 0.3) is 0 Å². The summed E-state index contributed by atoms with van der Waals surface area (Å²) < 4.78 is 10.6.